The number of fused-ring (bicyclic) bond motifs is 8. The zero-order chi connectivity index (χ0) is 36.7. The molecule has 0 saturated heterocycles. The van der Waals surface area contributed by atoms with Gasteiger partial charge in [0, 0.05) is 67.0 Å². The molecular weight excluding hydrogens is 643 g/mol. The number of rotatable bonds is 4. The van der Waals surface area contributed by atoms with Crippen LogP contribution in [-0.4, -0.2) is 54.9 Å². The molecule has 3 aromatic heterocycles. The standard InChI is InChI=1S/C41H49FN6O3/c1-26(49)40(4,5)24-27-12-11-13-28(20-27)41(6)17-10-9-16-39(2,3)25-47(7)35(50)22-31-30-15-19-43-33(30)23-32(42)36(31)51-29-14-18-44-34(21-29)37-45-38(41)46-48(37)8/h11-15,18-21,23,43H,9-10,16-17,22,24-25H2,1-8H3/t41-/m1/s1. The van der Waals surface area contributed by atoms with Crippen LogP contribution in [0.4, 0.5) is 4.39 Å². The van der Waals surface area contributed by atoms with Crippen LogP contribution in [0, 0.1) is 16.6 Å². The number of nitrogens with one attached hydrogen (secondary N) is 1. The number of halogens is 1. The zero-order valence-electron chi connectivity index (χ0n) is 31.1. The van der Waals surface area contributed by atoms with Crippen molar-refractivity contribution in [1.29, 1.82) is 0 Å². The second-order valence-electron chi connectivity index (χ2n) is 15.9. The van der Waals surface area contributed by atoms with E-state index >= 15 is 4.39 Å². The Balaban J connectivity index is 1.46. The Hall–Kier alpha value is -4.86. The number of Topliss-reactive ketones (excluding diaryl/α,β-unsaturated/α-hetero) is 1. The molecule has 4 bridgehead atoms. The molecule has 6 rings (SSSR count). The summed E-state index contributed by atoms with van der Waals surface area (Å²) in [5, 5.41) is 5.72. The van der Waals surface area contributed by atoms with E-state index in [1.54, 1.807) is 41.0 Å². The summed E-state index contributed by atoms with van der Waals surface area (Å²) in [6.45, 7) is 12.7. The fourth-order valence-corrected chi connectivity index (χ4v) is 7.29. The maximum Gasteiger partial charge on any atom is 0.226 e. The Bertz CT molecular complexity index is 2100. The summed E-state index contributed by atoms with van der Waals surface area (Å²) in [6.07, 6.45) is 7.50. The van der Waals surface area contributed by atoms with Gasteiger partial charge in [-0.1, -0.05) is 64.8 Å². The fourth-order valence-electron chi connectivity index (χ4n) is 7.29. The molecule has 0 fully saturated rings. The van der Waals surface area contributed by atoms with E-state index in [1.165, 1.54) is 6.07 Å². The number of aromatic nitrogens is 5. The van der Waals surface area contributed by atoms with E-state index in [-0.39, 0.29) is 29.3 Å². The summed E-state index contributed by atoms with van der Waals surface area (Å²) in [5.74, 6) is 1.07. The normalized spacial score (nSPS) is 18.8. The monoisotopic (exact) mass is 692 g/mol. The van der Waals surface area contributed by atoms with Crippen molar-refractivity contribution < 1.29 is 18.7 Å². The van der Waals surface area contributed by atoms with Gasteiger partial charge in [-0.25, -0.2) is 14.1 Å². The third-order valence-corrected chi connectivity index (χ3v) is 10.7. The number of hydrogen-bond donors (Lipinski definition) is 1. The summed E-state index contributed by atoms with van der Waals surface area (Å²) >= 11 is 0. The predicted molar refractivity (Wildman–Crippen MR) is 197 cm³/mol. The second kappa shape index (κ2) is 13.7. The molecule has 9 nitrogen and oxygen atoms in total. The summed E-state index contributed by atoms with van der Waals surface area (Å²) in [4.78, 5) is 40.7. The van der Waals surface area contributed by atoms with Gasteiger partial charge in [0.25, 0.3) is 0 Å². The molecule has 1 N–H and O–H groups in total. The van der Waals surface area contributed by atoms with Gasteiger partial charge < -0.3 is 14.6 Å². The van der Waals surface area contributed by atoms with Gasteiger partial charge in [-0.2, -0.15) is 5.10 Å². The first kappa shape index (κ1) is 35.9. The van der Waals surface area contributed by atoms with E-state index in [9.17, 15) is 9.59 Å². The molecule has 0 aliphatic carbocycles. The van der Waals surface area contributed by atoms with Crippen molar-refractivity contribution in [2.45, 2.75) is 85.5 Å². The van der Waals surface area contributed by atoms with Gasteiger partial charge in [-0.15, -0.1) is 0 Å². The average Bonchev–Trinajstić information content (AvgIpc) is 3.70. The molecule has 2 aromatic carbocycles. The van der Waals surface area contributed by atoms with Crippen molar-refractivity contribution in [1.82, 2.24) is 29.6 Å². The van der Waals surface area contributed by atoms with Crippen molar-refractivity contribution in [3.63, 3.8) is 0 Å². The molecule has 0 saturated carbocycles. The number of H-pyrrole nitrogens is 1. The van der Waals surface area contributed by atoms with Gasteiger partial charge >= 0.3 is 0 Å². The molecule has 1 amide bonds. The smallest absolute Gasteiger partial charge is 0.226 e. The first-order valence-corrected chi connectivity index (χ1v) is 17.7. The van der Waals surface area contributed by atoms with Crippen LogP contribution in [0.1, 0.15) is 89.7 Å². The Labute approximate surface area is 299 Å². The third kappa shape index (κ3) is 7.46. The number of nitrogens with zero attached hydrogens (tertiary/aromatic N) is 5. The molecule has 1 aliphatic rings. The highest BCUT2D eigenvalue weighted by Gasteiger charge is 2.35. The van der Waals surface area contributed by atoms with E-state index in [0.29, 0.717) is 47.1 Å². The molecule has 51 heavy (non-hydrogen) atoms. The number of pyridine rings is 1. The van der Waals surface area contributed by atoms with Crippen molar-refractivity contribution in [2.24, 2.45) is 17.9 Å². The van der Waals surface area contributed by atoms with Crippen LogP contribution in [0.5, 0.6) is 11.5 Å². The van der Waals surface area contributed by atoms with Crippen molar-refractivity contribution >= 4 is 22.6 Å². The molecule has 5 aromatic rings. The number of ether oxygens (including phenoxy) is 1. The van der Waals surface area contributed by atoms with E-state index in [1.807, 2.05) is 34.0 Å². The first-order valence-electron chi connectivity index (χ1n) is 17.7. The largest absolute Gasteiger partial charge is 0.454 e. The van der Waals surface area contributed by atoms with Crippen molar-refractivity contribution in [3.8, 4) is 23.0 Å². The summed E-state index contributed by atoms with van der Waals surface area (Å²) in [7, 11) is 3.67. The quantitative estimate of drug-likeness (QED) is 0.203. The van der Waals surface area contributed by atoms with Gasteiger partial charge in [0.05, 0.1) is 11.8 Å². The van der Waals surface area contributed by atoms with Gasteiger partial charge in [-0.05, 0) is 61.8 Å². The van der Waals surface area contributed by atoms with Crippen LogP contribution in [-0.2, 0) is 34.9 Å². The number of amides is 1. The summed E-state index contributed by atoms with van der Waals surface area (Å²) in [6, 6.07) is 15.1. The summed E-state index contributed by atoms with van der Waals surface area (Å²) in [5.41, 5.74) is 2.59. The van der Waals surface area contributed by atoms with Gasteiger partial charge in [0.1, 0.15) is 17.2 Å². The van der Waals surface area contributed by atoms with Crippen molar-refractivity contribution in [2.75, 3.05) is 13.6 Å². The number of benzene rings is 2. The number of aromatic amines is 1. The molecule has 4 heterocycles. The van der Waals surface area contributed by atoms with Crippen LogP contribution < -0.4 is 4.74 Å². The van der Waals surface area contributed by atoms with Crippen LogP contribution in [0.3, 0.4) is 0 Å². The van der Waals surface area contributed by atoms with E-state index in [0.717, 1.165) is 42.2 Å². The molecule has 1 atom stereocenters. The molecule has 0 radical (unpaired) electrons. The van der Waals surface area contributed by atoms with Crippen molar-refractivity contribution in [3.05, 3.63) is 89.3 Å². The number of hydrogen-bond acceptors (Lipinski definition) is 6. The second-order valence-corrected chi connectivity index (χ2v) is 15.9. The first-order chi connectivity index (χ1) is 24.1. The van der Waals surface area contributed by atoms with Gasteiger partial charge in [-0.3, -0.25) is 14.6 Å². The Morgan fingerprint density at radius 3 is 2.59 bits per heavy atom. The molecule has 0 spiro atoms. The van der Waals surface area contributed by atoms with Gasteiger partial charge in [0.2, 0.25) is 5.91 Å². The molecule has 10 heteroatoms. The lowest BCUT2D eigenvalue weighted by Crippen LogP contribution is -2.37. The highest BCUT2D eigenvalue weighted by atomic mass is 19.1. The highest BCUT2D eigenvalue weighted by Crippen LogP contribution is 2.40. The number of carbonyl (C=O) groups excluding carboxylic acids is 2. The number of carbonyl (C=O) groups is 2. The number of aryl methyl sites for hydroxylation is 1. The number of likely N-dealkylation sites (N-methyl/N-ethyl adjacent to an activating group) is 1. The molecule has 268 valence electrons. The Kier molecular flexibility index (Phi) is 9.65. The number of ketones is 1. The Morgan fingerprint density at radius 2 is 1.82 bits per heavy atom. The third-order valence-electron chi connectivity index (χ3n) is 10.7. The van der Waals surface area contributed by atoms with E-state index in [4.69, 9.17) is 14.8 Å². The van der Waals surface area contributed by atoms with Gasteiger partial charge in [0.15, 0.2) is 23.2 Å². The van der Waals surface area contributed by atoms with E-state index in [2.05, 4.69) is 55.0 Å². The molecular formula is C41H49FN6O3. The van der Waals surface area contributed by atoms with Crippen LogP contribution in [0.2, 0.25) is 0 Å². The lowest BCUT2D eigenvalue weighted by molar-refractivity contribution is -0.130. The lowest BCUT2D eigenvalue weighted by Gasteiger charge is -2.32. The minimum Gasteiger partial charge on any atom is -0.454 e. The molecule has 1 aliphatic heterocycles. The molecule has 0 unspecified atom stereocenters. The van der Waals surface area contributed by atoms with E-state index < -0.39 is 16.6 Å². The fraction of sp³-hybridized carbons (Fsp3) is 0.439. The topological polar surface area (TPSA) is 106 Å². The van der Waals surface area contributed by atoms with Crippen LogP contribution >= 0.6 is 0 Å². The minimum atomic E-state index is -0.564. The maximum atomic E-state index is 15.8. The SMILES string of the molecule is CC(=O)C(C)(C)Cc1cccc([C@@]2(C)CCCCC(C)(C)CN(C)C(=O)Cc3c(c(F)cc4[nH]ccc34)Oc3ccnc(c3)-c3nc2nn3C)c1. The minimum absolute atomic E-state index is 0.0113. The average molecular weight is 693 g/mol. The maximum absolute atomic E-state index is 15.8. The summed E-state index contributed by atoms with van der Waals surface area (Å²) < 4.78 is 23.8. The van der Waals surface area contributed by atoms with Crippen LogP contribution in [0.15, 0.2) is 60.9 Å². The predicted octanol–water partition coefficient (Wildman–Crippen LogP) is 8.35. The highest BCUT2D eigenvalue weighted by molar-refractivity contribution is 5.91. The van der Waals surface area contributed by atoms with Crippen LogP contribution in [0.25, 0.3) is 22.4 Å². The zero-order valence-corrected chi connectivity index (χ0v) is 31.1. The lowest BCUT2D eigenvalue weighted by atomic mass is 9.75. The Morgan fingerprint density at radius 1 is 1.06 bits per heavy atom.